The highest BCUT2D eigenvalue weighted by atomic mass is 19.1. The average Bonchev–Trinajstić information content (AvgIpc) is 3.73. The Labute approximate surface area is 255 Å². The van der Waals surface area contributed by atoms with Gasteiger partial charge in [0.05, 0.1) is 30.2 Å². The molecule has 2 amide bonds. The Bertz CT molecular complexity index is 1750. The molecule has 0 aliphatic heterocycles. The summed E-state index contributed by atoms with van der Waals surface area (Å²) in [5, 5.41) is 12.0. The molecular formula is C35H32FN5O3. The number of rotatable bonds is 12. The van der Waals surface area contributed by atoms with E-state index in [-0.39, 0.29) is 24.1 Å². The lowest BCUT2D eigenvalue weighted by molar-refractivity contribution is 0.0925. The monoisotopic (exact) mass is 589 g/mol. The van der Waals surface area contributed by atoms with Gasteiger partial charge in [0.25, 0.3) is 11.8 Å². The van der Waals surface area contributed by atoms with Crippen LogP contribution in [0.15, 0.2) is 102 Å². The quantitative estimate of drug-likeness (QED) is 0.158. The van der Waals surface area contributed by atoms with E-state index in [1.165, 1.54) is 24.3 Å². The fourth-order valence-corrected chi connectivity index (χ4v) is 4.78. The molecule has 2 aromatic heterocycles. The number of halogens is 1. The van der Waals surface area contributed by atoms with Crippen LogP contribution in [0.25, 0.3) is 11.3 Å². The summed E-state index contributed by atoms with van der Waals surface area (Å²) in [5.41, 5.74) is 4.06. The molecule has 0 spiro atoms. The third-order valence-electron chi connectivity index (χ3n) is 7.25. The maximum atomic E-state index is 13.8. The van der Waals surface area contributed by atoms with Crippen LogP contribution in [-0.2, 0) is 13.1 Å². The van der Waals surface area contributed by atoms with E-state index in [1.54, 1.807) is 41.7 Å². The Balaban J connectivity index is 1.37. The molecule has 0 atom stereocenters. The summed E-state index contributed by atoms with van der Waals surface area (Å²) in [7, 11) is 0. The summed E-state index contributed by atoms with van der Waals surface area (Å²) < 4.78 is 21.4. The van der Waals surface area contributed by atoms with E-state index in [0.717, 1.165) is 36.1 Å². The van der Waals surface area contributed by atoms with Crippen LogP contribution < -0.4 is 10.2 Å². The van der Waals surface area contributed by atoms with Crippen molar-refractivity contribution in [1.82, 2.24) is 14.9 Å². The zero-order valence-electron chi connectivity index (χ0n) is 24.4. The van der Waals surface area contributed by atoms with Crippen molar-refractivity contribution in [2.75, 3.05) is 11.4 Å². The number of carbonyl (C=O) groups excluding carboxylic acids is 2. The third-order valence-corrected chi connectivity index (χ3v) is 7.25. The van der Waals surface area contributed by atoms with Crippen molar-refractivity contribution in [3.8, 4) is 17.4 Å². The van der Waals surface area contributed by atoms with Gasteiger partial charge in [0, 0.05) is 36.1 Å². The fourth-order valence-electron chi connectivity index (χ4n) is 4.78. The standard InChI is InChI=1S/C35H32FN5O3/c1-2-3-4-19-39-34(42)33-18-17-32(44-33)27-11-15-30(16-12-27)41(35(43)28-9-13-29(36)14-10-28)23-31-21-38-24-40(31)22-26-7-5-25(20-37)6-8-26/h5-18,21,24H,2-4,19,22-23H2,1H3,(H,39,42). The first-order valence-corrected chi connectivity index (χ1v) is 14.5. The minimum atomic E-state index is -0.426. The summed E-state index contributed by atoms with van der Waals surface area (Å²) >= 11 is 0. The number of hydrogen-bond acceptors (Lipinski definition) is 5. The van der Waals surface area contributed by atoms with Crippen molar-refractivity contribution in [2.24, 2.45) is 0 Å². The van der Waals surface area contributed by atoms with Crippen molar-refractivity contribution in [1.29, 1.82) is 5.26 Å². The molecule has 5 rings (SSSR count). The summed E-state index contributed by atoms with van der Waals surface area (Å²) in [4.78, 5) is 32.2. The summed E-state index contributed by atoms with van der Waals surface area (Å²) in [5.74, 6) is -0.205. The molecule has 0 radical (unpaired) electrons. The number of furan rings is 1. The third kappa shape index (κ3) is 7.28. The van der Waals surface area contributed by atoms with Crippen molar-refractivity contribution < 1.29 is 18.4 Å². The second-order valence-electron chi connectivity index (χ2n) is 10.4. The predicted octanol–water partition coefficient (Wildman–Crippen LogP) is 6.97. The molecule has 222 valence electrons. The maximum Gasteiger partial charge on any atom is 0.287 e. The van der Waals surface area contributed by atoms with Crippen LogP contribution in [-0.4, -0.2) is 27.9 Å². The zero-order chi connectivity index (χ0) is 30.9. The lowest BCUT2D eigenvalue weighted by atomic mass is 10.1. The van der Waals surface area contributed by atoms with E-state index < -0.39 is 5.82 Å². The number of aromatic nitrogens is 2. The van der Waals surface area contributed by atoms with E-state index in [2.05, 4.69) is 23.3 Å². The van der Waals surface area contributed by atoms with Gasteiger partial charge < -0.3 is 19.2 Å². The Morgan fingerprint density at radius 2 is 1.73 bits per heavy atom. The van der Waals surface area contributed by atoms with Crippen molar-refractivity contribution in [3.05, 3.63) is 131 Å². The van der Waals surface area contributed by atoms with Crippen molar-refractivity contribution in [2.45, 2.75) is 39.3 Å². The number of nitrogens with zero attached hydrogens (tertiary/aromatic N) is 4. The summed E-state index contributed by atoms with van der Waals surface area (Å²) in [6.45, 7) is 3.42. The Morgan fingerprint density at radius 3 is 2.43 bits per heavy atom. The molecule has 1 N–H and O–H groups in total. The molecule has 9 heteroatoms. The highest BCUT2D eigenvalue weighted by molar-refractivity contribution is 6.06. The SMILES string of the molecule is CCCCCNC(=O)c1ccc(-c2ccc(N(Cc3cncn3Cc3ccc(C#N)cc3)C(=O)c3ccc(F)cc3)cc2)o1. The topological polar surface area (TPSA) is 104 Å². The minimum Gasteiger partial charge on any atom is -0.451 e. The molecule has 0 unspecified atom stereocenters. The first-order valence-electron chi connectivity index (χ1n) is 14.5. The second kappa shape index (κ2) is 14.1. The molecule has 0 bridgehead atoms. The molecule has 0 saturated heterocycles. The van der Waals surface area contributed by atoms with Crippen LogP contribution in [0.2, 0.25) is 0 Å². The average molecular weight is 590 g/mol. The van der Waals surface area contributed by atoms with Crippen molar-refractivity contribution >= 4 is 17.5 Å². The highest BCUT2D eigenvalue weighted by Gasteiger charge is 2.21. The van der Waals surface area contributed by atoms with E-state index in [4.69, 9.17) is 9.68 Å². The van der Waals surface area contributed by atoms with Crippen LogP contribution in [0.4, 0.5) is 10.1 Å². The molecule has 2 heterocycles. The van der Waals surface area contributed by atoms with Crippen LogP contribution >= 0.6 is 0 Å². The molecule has 44 heavy (non-hydrogen) atoms. The van der Waals surface area contributed by atoms with Gasteiger partial charge in [-0.2, -0.15) is 5.26 Å². The Morgan fingerprint density at radius 1 is 0.977 bits per heavy atom. The van der Waals surface area contributed by atoms with E-state index in [9.17, 15) is 14.0 Å². The van der Waals surface area contributed by atoms with Crippen LogP contribution in [0.5, 0.6) is 0 Å². The van der Waals surface area contributed by atoms with Crippen LogP contribution in [0, 0.1) is 17.1 Å². The molecule has 8 nitrogen and oxygen atoms in total. The van der Waals surface area contributed by atoms with Gasteiger partial charge in [-0.05, 0) is 84.8 Å². The number of nitriles is 1. The molecule has 0 fully saturated rings. The van der Waals surface area contributed by atoms with Crippen LogP contribution in [0.3, 0.4) is 0 Å². The Hall–Kier alpha value is -5.49. The van der Waals surface area contributed by atoms with E-state index in [0.29, 0.717) is 35.7 Å². The number of nitrogens with one attached hydrogen (secondary N) is 1. The molecular weight excluding hydrogens is 557 g/mol. The first-order chi connectivity index (χ1) is 21.4. The van der Waals surface area contributed by atoms with Crippen LogP contribution in [0.1, 0.15) is 63.9 Å². The Kier molecular flexibility index (Phi) is 9.62. The van der Waals surface area contributed by atoms with Gasteiger partial charge in [-0.1, -0.05) is 31.9 Å². The van der Waals surface area contributed by atoms with Crippen molar-refractivity contribution in [3.63, 3.8) is 0 Å². The number of anilines is 1. The number of imidazole rings is 1. The first kappa shape index (κ1) is 30.0. The minimum absolute atomic E-state index is 0.203. The lowest BCUT2D eigenvalue weighted by Gasteiger charge is -2.24. The molecule has 5 aromatic rings. The number of unbranched alkanes of at least 4 members (excludes halogenated alkanes) is 2. The van der Waals surface area contributed by atoms with Gasteiger partial charge in [0.2, 0.25) is 0 Å². The predicted molar refractivity (Wildman–Crippen MR) is 165 cm³/mol. The zero-order valence-corrected chi connectivity index (χ0v) is 24.4. The normalized spacial score (nSPS) is 10.8. The number of amides is 2. The van der Waals surface area contributed by atoms with Gasteiger partial charge >= 0.3 is 0 Å². The van der Waals surface area contributed by atoms with Gasteiger partial charge in [0.1, 0.15) is 11.6 Å². The lowest BCUT2D eigenvalue weighted by Crippen LogP contribution is -2.31. The molecule has 0 saturated carbocycles. The number of hydrogen-bond donors (Lipinski definition) is 1. The molecule has 3 aromatic carbocycles. The smallest absolute Gasteiger partial charge is 0.287 e. The highest BCUT2D eigenvalue weighted by Crippen LogP contribution is 2.27. The summed E-state index contributed by atoms with van der Waals surface area (Å²) in [6.07, 6.45) is 6.45. The largest absolute Gasteiger partial charge is 0.451 e. The maximum absolute atomic E-state index is 13.8. The van der Waals surface area contributed by atoms with Gasteiger partial charge in [-0.25, -0.2) is 9.37 Å². The summed E-state index contributed by atoms with van der Waals surface area (Å²) in [6, 6.07) is 25.6. The molecule has 0 aliphatic rings. The van der Waals surface area contributed by atoms with E-state index in [1.807, 2.05) is 41.0 Å². The number of benzene rings is 3. The number of carbonyl (C=O) groups is 2. The van der Waals surface area contributed by atoms with Gasteiger partial charge in [-0.3, -0.25) is 9.59 Å². The van der Waals surface area contributed by atoms with Gasteiger partial charge in [-0.15, -0.1) is 0 Å². The fraction of sp³-hybridized carbons (Fsp3) is 0.200. The van der Waals surface area contributed by atoms with E-state index >= 15 is 0 Å². The van der Waals surface area contributed by atoms with Gasteiger partial charge in [0.15, 0.2) is 5.76 Å². The molecule has 0 aliphatic carbocycles. The second-order valence-corrected chi connectivity index (χ2v) is 10.4.